The number of nitrogens with one attached hydrogen (secondary N) is 1. The summed E-state index contributed by atoms with van der Waals surface area (Å²) in [6.07, 6.45) is 1.71. The quantitative estimate of drug-likeness (QED) is 0.728. The summed E-state index contributed by atoms with van der Waals surface area (Å²) in [6.45, 7) is 10.2. The SMILES string of the molecule is C/C(=C\c1c(C)cccc1Nc1ccc(C(C)(C)C)cc1)C(=O)O. The van der Waals surface area contributed by atoms with Crippen molar-refractivity contribution in [3.8, 4) is 0 Å². The van der Waals surface area contributed by atoms with Crippen LogP contribution in [0.4, 0.5) is 11.4 Å². The van der Waals surface area contributed by atoms with Gasteiger partial charge in [0.2, 0.25) is 0 Å². The molecular weight excluding hydrogens is 298 g/mol. The van der Waals surface area contributed by atoms with E-state index in [-0.39, 0.29) is 5.41 Å². The number of carbonyl (C=O) groups is 1. The van der Waals surface area contributed by atoms with Crippen molar-refractivity contribution < 1.29 is 9.90 Å². The molecule has 0 saturated heterocycles. The Labute approximate surface area is 144 Å². The molecule has 0 aliphatic rings. The van der Waals surface area contributed by atoms with Crippen LogP contribution in [-0.2, 0) is 10.2 Å². The van der Waals surface area contributed by atoms with Gasteiger partial charge in [0.1, 0.15) is 0 Å². The minimum Gasteiger partial charge on any atom is -0.478 e. The van der Waals surface area contributed by atoms with Crippen molar-refractivity contribution in [3.63, 3.8) is 0 Å². The number of carboxylic acid groups (broad SMARTS) is 1. The monoisotopic (exact) mass is 323 g/mol. The van der Waals surface area contributed by atoms with Crippen LogP contribution in [0.5, 0.6) is 0 Å². The second-order valence-corrected chi connectivity index (χ2v) is 7.12. The molecule has 2 aromatic rings. The van der Waals surface area contributed by atoms with Gasteiger partial charge in [-0.15, -0.1) is 0 Å². The largest absolute Gasteiger partial charge is 0.478 e. The molecule has 0 bridgehead atoms. The maximum Gasteiger partial charge on any atom is 0.331 e. The molecule has 2 N–H and O–H groups in total. The summed E-state index contributed by atoms with van der Waals surface area (Å²) in [5, 5.41) is 12.5. The van der Waals surface area contributed by atoms with Crippen molar-refractivity contribution in [3.05, 3.63) is 64.7 Å². The van der Waals surface area contributed by atoms with Gasteiger partial charge in [-0.3, -0.25) is 0 Å². The van der Waals surface area contributed by atoms with E-state index < -0.39 is 5.97 Å². The highest BCUT2D eigenvalue weighted by Gasteiger charge is 2.13. The lowest BCUT2D eigenvalue weighted by atomic mass is 9.87. The molecule has 0 heterocycles. The molecule has 0 fully saturated rings. The Morgan fingerprint density at radius 3 is 2.25 bits per heavy atom. The third-order valence-electron chi connectivity index (χ3n) is 4.05. The van der Waals surface area contributed by atoms with Gasteiger partial charge in [-0.05, 0) is 54.7 Å². The number of benzene rings is 2. The fourth-order valence-electron chi connectivity index (χ4n) is 2.47. The number of hydrogen-bond donors (Lipinski definition) is 2. The Morgan fingerprint density at radius 1 is 1.08 bits per heavy atom. The molecule has 0 unspecified atom stereocenters. The zero-order valence-electron chi connectivity index (χ0n) is 15.0. The van der Waals surface area contributed by atoms with Crippen molar-refractivity contribution in [2.75, 3.05) is 5.32 Å². The molecule has 126 valence electrons. The second kappa shape index (κ2) is 6.91. The van der Waals surface area contributed by atoms with Crippen LogP contribution in [0.1, 0.15) is 44.4 Å². The van der Waals surface area contributed by atoms with Crippen LogP contribution in [0.15, 0.2) is 48.0 Å². The van der Waals surface area contributed by atoms with Crippen LogP contribution in [0.3, 0.4) is 0 Å². The molecule has 2 aromatic carbocycles. The third kappa shape index (κ3) is 4.25. The molecule has 3 heteroatoms. The van der Waals surface area contributed by atoms with E-state index in [9.17, 15) is 4.79 Å². The topological polar surface area (TPSA) is 49.3 Å². The van der Waals surface area contributed by atoms with Gasteiger partial charge < -0.3 is 10.4 Å². The first-order chi connectivity index (χ1) is 11.2. The molecule has 3 nitrogen and oxygen atoms in total. The highest BCUT2D eigenvalue weighted by molar-refractivity contribution is 5.93. The predicted octanol–water partition coefficient (Wildman–Crippen LogP) is 5.52. The van der Waals surface area contributed by atoms with E-state index in [2.05, 4.69) is 50.4 Å². The van der Waals surface area contributed by atoms with E-state index in [0.717, 1.165) is 22.5 Å². The number of aryl methyl sites for hydroxylation is 1. The van der Waals surface area contributed by atoms with Gasteiger partial charge in [-0.25, -0.2) is 4.79 Å². The van der Waals surface area contributed by atoms with Gasteiger partial charge in [0.05, 0.1) is 0 Å². The van der Waals surface area contributed by atoms with Crippen LogP contribution in [0.2, 0.25) is 0 Å². The standard InChI is InChI=1S/C21H25NO2/c1-14-7-6-8-19(18(14)13-15(2)20(23)24)22-17-11-9-16(10-12-17)21(3,4)5/h6-13,22H,1-5H3,(H,23,24)/b15-13+. The predicted molar refractivity (Wildman–Crippen MR) is 101 cm³/mol. The Kier molecular flexibility index (Phi) is 5.13. The highest BCUT2D eigenvalue weighted by Crippen LogP contribution is 2.28. The van der Waals surface area contributed by atoms with Crippen LogP contribution < -0.4 is 5.32 Å². The van der Waals surface area contributed by atoms with E-state index in [1.807, 2.05) is 25.1 Å². The maximum atomic E-state index is 11.1. The smallest absolute Gasteiger partial charge is 0.331 e. The maximum absolute atomic E-state index is 11.1. The van der Waals surface area contributed by atoms with E-state index in [4.69, 9.17) is 5.11 Å². The minimum absolute atomic E-state index is 0.119. The first kappa shape index (κ1) is 17.8. The summed E-state index contributed by atoms with van der Waals surface area (Å²) in [7, 11) is 0. The Bertz CT molecular complexity index is 765. The molecule has 0 aliphatic carbocycles. The summed E-state index contributed by atoms with van der Waals surface area (Å²) in [5.41, 5.74) is 5.53. The lowest BCUT2D eigenvalue weighted by Gasteiger charge is -2.19. The van der Waals surface area contributed by atoms with Gasteiger partial charge in [-0.2, -0.15) is 0 Å². The average Bonchev–Trinajstić information content (AvgIpc) is 2.50. The third-order valence-corrected chi connectivity index (χ3v) is 4.05. The van der Waals surface area contributed by atoms with E-state index in [0.29, 0.717) is 5.57 Å². The second-order valence-electron chi connectivity index (χ2n) is 7.12. The summed E-state index contributed by atoms with van der Waals surface area (Å²) < 4.78 is 0. The van der Waals surface area contributed by atoms with E-state index >= 15 is 0 Å². The van der Waals surface area contributed by atoms with Crippen LogP contribution in [0, 0.1) is 6.92 Å². The Morgan fingerprint density at radius 2 is 1.71 bits per heavy atom. The molecule has 0 amide bonds. The first-order valence-corrected chi connectivity index (χ1v) is 8.07. The summed E-state index contributed by atoms with van der Waals surface area (Å²) in [5.74, 6) is -0.904. The molecule has 0 saturated carbocycles. The van der Waals surface area contributed by atoms with Gasteiger partial charge in [-0.1, -0.05) is 45.0 Å². The molecule has 0 atom stereocenters. The lowest BCUT2D eigenvalue weighted by Crippen LogP contribution is -2.10. The summed E-state index contributed by atoms with van der Waals surface area (Å²) >= 11 is 0. The number of carboxylic acids is 1. The van der Waals surface area contributed by atoms with Crippen molar-refractivity contribution in [1.82, 2.24) is 0 Å². The fourth-order valence-corrected chi connectivity index (χ4v) is 2.47. The van der Waals surface area contributed by atoms with Gasteiger partial charge in [0, 0.05) is 22.5 Å². The van der Waals surface area contributed by atoms with Crippen LogP contribution in [0.25, 0.3) is 6.08 Å². The Hall–Kier alpha value is -2.55. The molecule has 2 rings (SSSR count). The number of anilines is 2. The molecule has 0 radical (unpaired) electrons. The molecular formula is C21H25NO2. The first-order valence-electron chi connectivity index (χ1n) is 8.07. The van der Waals surface area contributed by atoms with Crippen molar-refractivity contribution in [2.45, 2.75) is 40.0 Å². The van der Waals surface area contributed by atoms with Crippen molar-refractivity contribution in [1.29, 1.82) is 0 Å². The zero-order chi connectivity index (χ0) is 17.9. The van der Waals surface area contributed by atoms with E-state index in [1.165, 1.54) is 5.56 Å². The average molecular weight is 323 g/mol. The Balaban J connectivity index is 2.35. The van der Waals surface area contributed by atoms with Crippen LogP contribution >= 0.6 is 0 Å². The molecule has 0 aromatic heterocycles. The minimum atomic E-state index is -0.904. The van der Waals surface area contributed by atoms with E-state index in [1.54, 1.807) is 13.0 Å². The summed E-state index contributed by atoms with van der Waals surface area (Å²) in [4.78, 5) is 11.1. The van der Waals surface area contributed by atoms with Crippen LogP contribution in [-0.4, -0.2) is 11.1 Å². The molecule has 0 spiro atoms. The zero-order valence-corrected chi connectivity index (χ0v) is 15.0. The van der Waals surface area contributed by atoms with Gasteiger partial charge in [0.15, 0.2) is 0 Å². The van der Waals surface area contributed by atoms with Crippen molar-refractivity contribution in [2.24, 2.45) is 0 Å². The number of hydrogen-bond acceptors (Lipinski definition) is 2. The number of aliphatic carboxylic acids is 1. The number of rotatable bonds is 4. The normalized spacial score (nSPS) is 12.1. The lowest BCUT2D eigenvalue weighted by molar-refractivity contribution is -0.132. The molecule has 24 heavy (non-hydrogen) atoms. The van der Waals surface area contributed by atoms with Crippen molar-refractivity contribution >= 4 is 23.4 Å². The van der Waals surface area contributed by atoms with Gasteiger partial charge in [0.25, 0.3) is 0 Å². The molecule has 0 aliphatic heterocycles. The van der Waals surface area contributed by atoms with Gasteiger partial charge >= 0.3 is 5.97 Å². The highest BCUT2D eigenvalue weighted by atomic mass is 16.4. The summed E-state index contributed by atoms with van der Waals surface area (Å²) in [6, 6.07) is 14.3. The fraction of sp³-hybridized carbons (Fsp3) is 0.286.